The molecule has 1 fully saturated rings. The van der Waals surface area contributed by atoms with Gasteiger partial charge in [-0.15, -0.1) is 0 Å². The minimum Gasteiger partial charge on any atom is -0.492 e. The summed E-state index contributed by atoms with van der Waals surface area (Å²) in [6, 6.07) is 18.9. The number of hydrogen-bond donors (Lipinski definition) is 1. The van der Waals surface area contributed by atoms with Gasteiger partial charge < -0.3 is 10.1 Å². The van der Waals surface area contributed by atoms with Gasteiger partial charge >= 0.3 is 0 Å². The molecule has 39 heavy (non-hydrogen) atoms. The number of carbonyl (C=O) groups excluding carboxylic acids is 1. The van der Waals surface area contributed by atoms with Crippen molar-refractivity contribution in [3.63, 3.8) is 0 Å². The smallest absolute Gasteiger partial charge is 0.264 e. The van der Waals surface area contributed by atoms with Crippen molar-refractivity contribution in [2.24, 2.45) is 0 Å². The highest BCUT2D eigenvalue weighted by Crippen LogP contribution is 2.29. The molecule has 4 rings (SSSR count). The molecule has 9 nitrogen and oxygen atoms in total. The van der Waals surface area contributed by atoms with E-state index in [4.69, 9.17) is 16.3 Å². The molecular formula is C27H30ClN3O6S2. The van der Waals surface area contributed by atoms with Crippen LogP contribution >= 0.6 is 11.6 Å². The lowest BCUT2D eigenvalue weighted by Gasteiger charge is -2.25. The molecule has 3 aromatic rings. The number of hydrogen-bond acceptors (Lipinski definition) is 6. The number of ether oxygens (including phenoxy) is 1. The summed E-state index contributed by atoms with van der Waals surface area (Å²) in [5, 5.41) is 3.02. The third-order valence-corrected chi connectivity index (χ3v) is 10.2. The van der Waals surface area contributed by atoms with Crippen LogP contribution in [0.1, 0.15) is 18.4 Å². The fourth-order valence-corrected chi connectivity index (χ4v) is 7.38. The molecule has 0 saturated carbocycles. The van der Waals surface area contributed by atoms with E-state index in [1.165, 1.54) is 34.6 Å². The van der Waals surface area contributed by atoms with Gasteiger partial charge in [-0.05, 0) is 73.9 Å². The summed E-state index contributed by atoms with van der Waals surface area (Å²) in [7, 11) is -7.56. The fourth-order valence-electron chi connectivity index (χ4n) is 4.20. The monoisotopic (exact) mass is 591 g/mol. The van der Waals surface area contributed by atoms with E-state index in [2.05, 4.69) is 5.32 Å². The van der Waals surface area contributed by atoms with Gasteiger partial charge in [0.25, 0.3) is 10.0 Å². The number of sulfonamides is 2. The van der Waals surface area contributed by atoms with Crippen LogP contribution in [0.4, 0.5) is 5.69 Å². The van der Waals surface area contributed by atoms with Gasteiger partial charge in [0, 0.05) is 18.1 Å². The lowest BCUT2D eigenvalue weighted by Crippen LogP contribution is -2.42. The van der Waals surface area contributed by atoms with Gasteiger partial charge in [0.15, 0.2) is 0 Å². The van der Waals surface area contributed by atoms with Crippen LogP contribution < -0.4 is 14.4 Å². The molecule has 1 N–H and O–H groups in total. The zero-order valence-electron chi connectivity index (χ0n) is 21.4. The topological polar surface area (TPSA) is 113 Å². The summed E-state index contributed by atoms with van der Waals surface area (Å²) < 4.78 is 60.4. The molecule has 1 aliphatic rings. The fraction of sp³-hybridized carbons (Fsp3) is 0.296. The lowest BCUT2D eigenvalue weighted by molar-refractivity contribution is -0.119. The second-order valence-electron chi connectivity index (χ2n) is 9.04. The number of anilines is 1. The van der Waals surface area contributed by atoms with Crippen LogP contribution in [0.2, 0.25) is 5.02 Å². The van der Waals surface area contributed by atoms with Gasteiger partial charge in [-0.2, -0.15) is 4.31 Å². The molecule has 0 spiro atoms. The van der Waals surface area contributed by atoms with E-state index in [1.807, 2.05) is 0 Å². The van der Waals surface area contributed by atoms with Crippen LogP contribution in [0.25, 0.3) is 0 Å². The van der Waals surface area contributed by atoms with Crippen molar-refractivity contribution >= 4 is 43.2 Å². The SMILES string of the molecule is Cc1ccc(Cl)cc1N(CC(=O)NCCOc1ccc(S(=O)(=O)N2CCCC2)cc1)S(=O)(=O)c1ccccc1. The van der Waals surface area contributed by atoms with Crippen molar-refractivity contribution in [2.75, 3.05) is 37.1 Å². The Morgan fingerprint density at radius 2 is 1.62 bits per heavy atom. The van der Waals surface area contributed by atoms with Crippen molar-refractivity contribution in [2.45, 2.75) is 29.6 Å². The Kier molecular flexibility index (Phi) is 9.16. The Hall–Kier alpha value is -3.12. The maximum Gasteiger partial charge on any atom is 0.264 e. The van der Waals surface area contributed by atoms with Gasteiger partial charge in [-0.25, -0.2) is 16.8 Å². The van der Waals surface area contributed by atoms with Crippen LogP contribution in [0.3, 0.4) is 0 Å². The zero-order chi connectivity index (χ0) is 28.0. The molecule has 0 aromatic heterocycles. The van der Waals surface area contributed by atoms with Crippen LogP contribution in [0.15, 0.2) is 82.6 Å². The highest BCUT2D eigenvalue weighted by molar-refractivity contribution is 7.92. The number of rotatable bonds is 11. The zero-order valence-corrected chi connectivity index (χ0v) is 23.8. The van der Waals surface area contributed by atoms with Crippen LogP contribution in [0.5, 0.6) is 5.75 Å². The van der Waals surface area contributed by atoms with Crippen molar-refractivity contribution in [3.8, 4) is 5.75 Å². The molecule has 1 heterocycles. The Balaban J connectivity index is 1.37. The van der Waals surface area contributed by atoms with Gasteiger partial charge in [0.2, 0.25) is 15.9 Å². The number of carbonyl (C=O) groups is 1. The first-order chi connectivity index (χ1) is 18.6. The highest BCUT2D eigenvalue weighted by atomic mass is 35.5. The summed E-state index contributed by atoms with van der Waals surface area (Å²) in [5.74, 6) is -0.0722. The maximum atomic E-state index is 13.5. The Bertz CT molecular complexity index is 1510. The molecule has 1 aliphatic heterocycles. The summed E-state index contributed by atoms with van der Waals surface area (Å²) in [4.78, 5) is 13.1. The van der Waals surface area contributed by atoms with E-state index in [0.29, 0.717) is 35.1 Å². The molecule has 208 valence electrons. The third kappa shape index (κ3) is 6.91. The molecule has 12 heteroatoms. The summed E-state index contributed by atoms with van der Waals surface area (Å²) in [6.07, 6.45) is 1.72. The molecule has 1 saturated heterocycles. The minimum absolute atomic E-state index is 0.0516. The first-order valence-electron chi connectivity index (χ1n) is 12.4. The van der Waals surface area contributed by atoms with E-state index >= 15 is 0 Å². The van der Waals surface area contributed by atoms with E-state index in [0.717, 1.165) is 17.1 Å². The average molecular weight is 592 g/mol. The van der Waals surface area contributed by atoms with Crippen molar-refractivity contribution in [1.29, 1.82) is 0 Å². The summed E-state index contributed by atoms with van der Waals surface area (Å²) in [6.45, 7) is 2.56. The van der Waals surface area contributed by atoms with Crippen LogP contribution in [-0.4, -0.2) is 59.8 Å². The molecule has 0 bridgehead atoms. The van der Waals surface area contributed by atoms with Crippen molar-refractivity contribution in [1.82, 2.24) is 9.62 Å². The Morgan fingerprint density at radius 3 is 2.28 bits per heavy atom. The number of nitrogens with zero attached hydrogens (tertiary/aromatic N) is 2. The molecule has 1 amide bonds. The van der Waals surface area contributed by atoms with Gasteiger partial charge in [-0.3, -0.25) is 9.10 Å². The van der Waals surface area contributed by atoms with Gasteiger partial charge in [0.05, 0.1) is 22.0 Å². The van der Waals surface area contributed by atoms with E-state index in [1.54, 1.807) is 49.4 Å². The molecule has 0 atom stereocenters. The molecule has 0 unspecified atom stereocenters. The standard InChI is InChI=1S/C27H30ClN3O6S2/c1-21-9-10-22(28)19-26(21)31(39(35,36)24-7-3-2-4-8-24)20-27(32)29-15-18-37-23-11-13-25(14-12-23)38(33,34)30-16-5-6-17-30/h2-4,7-14,19H,5-6,15-18,20H2,1H3,(H,29,32). The molecule has 0 aliphatic carbocycles. The van der Waals surface area contributed by atoms with E-state index < -0.39 is 32.5 Å². The highest BCUT2D eigenvalue weighted by Gasteiger charge is 2.29. The van der Waals surface area contributed by atoms with Gasteiger partial charge in [0.1, 0.15) is 18.9 Å². The van der Waals surface area contributed by atoms with Crippen LogP contribution in [-0.2, 0) is 24.8 Å². The van der Waals surface area contributed by atoms with Crippen molar-refractivity contribution in [3.05, 3.63) is 83.4 Å². The van der Waals surface area contributed by atoms with Crippen molar-refractivity contribution < 1.29 is 26.4 Å². The molecule has 0 radical (unpaired) electrons. The first kappa shape index (κ1) is 28.9. The lowest BCUT2D eigenvalue weighted by atomic mass is 10.2. The average Bonchev–Trinajstić information content (AvgIpc) is 3.48. The normalized spacial score (nSPS) is 14.2. The number of halogens is 1. The number of aryl methyl sites for hydroxylation is 1. The molecular weight excluding hydrogens is 562 g/mol. The number of amides is 1. The minimum atomic E-state index is -4.05. The second-order valence-corrected chi connectivity index (χ2v) is 13.3. The number of benzene rings is 3. The maximum absolute atomic E-state index is 13.5. The largest absolute Gasteiger partial charge is 0.492 e. The quantitative estimate of drug-likeness (QED) is 0.339. The predicted octanol–water partition coefficient (Wildman–Crippen LogP) is 3.82. The Labute approximate surface area is 234 Å². The van der Waals surface area contributed by atoms with Gasteiger partial charge in [-0.1, -0.05) is 35.9 Å². The summed E-state index contributed by atoms with van der Waals surface area (Å²) >= 11 is 6.15. The first-order valence-corrected chi connectivity index (χ1v) is 15.7. The van der Waals surface area contributed by atoms with Crippen LogP contribution in [0, 0.1) is 6.92 Å². The number of nitrogens with one attached hydrogen (secondary N) is 1. The van der Waals surface area contributed by atoms with E-state index in [9.17, 15) is 21.6 Å². The molecule has 3 aromatic carbocycles. The Morgan fingerprint density at radius 1 is 0.949 bits per heavy atom. The second kappa shape index (κ2) is 12.4. The summed E-state index contributed by atoms with van der Waals surface area (Å²) in [5.41, 5.74) is 0.951. The van der Waals surface area contributed by atoms with E-state index in [-0.39, 0.29) is 22.9 Å². The third-order valence-electron chi connectivity index (χ3n) is 6.28. The predicted molar refractivity (Wildman–Crippen MR) is 150 cm³/mol.